The maximum atomic E-state index is 12.3. The zero-order chi connectivity index (χ0) is 13.4. The van der Waals surface area contributed by atoms with Crippen LogP contribution in [0.15, 0.2) is 17.2 Å². The minimum absolute atomic E-state index is 0.336. The third-order valence-corrected chi connectivity index (χ3v) is 2.92. The Bertz CT molecular complexity index is 566. The van der Waals surface area contributed by atoms with Gasteiger partial charge in [0.15, 0.2) is 9.84 Å². The number of pyridine rings is 1. The van der Waals surface area contributed by atoms with Crippen molar-refractivity contribution < 1.29 is 26.4 Å². The predicted molar refractivity (Wildman–Crippen MR) is 50.9 cm³/mol. The first-order valence-electron chi connectivity index (χ1n) is 4.10. The van der Waals surface area contributed by atoms with Gasteiger partial charge >= 0.3 is 6.18 Å². The van der Waals surface area contributed by atoms with Gasteiger partial charge in [-0.15, -0.1) is 0 Å². The Morgan fingerprint density at radius 1 is 1.41 bits per heavy atom. The fourth-order valence-electron chi connectivity index (χ4n) is 1.07. The molecular formula is C8H7F3N2O3S. The van der Waals surface area contributed by atoms with Crippen LogP contribution in [-0.4, -0.2) is 25.6 Å². The van der Waals surface area contributed by atoms with Crippen LogP contribution < -0.4 is 5.73 Å². The maximum absolute atomic E-state index is 12.3. The van der Waals surface area contributed by atoms with Gasteiger partial charge in [0, 0.05) is 12.5 Å². The molecule has 94 valence electrons. The van der Waals surface area contributed by atoms with Crippen LogP contribution in [0.4, 0.5) is 13.2 Å². The Morgan fingerprint density at radius 3 is 2.29 bits per heavy atom. The van der Waals surface area contributed by atoms with Crippen LogP contribution in [0.25, 0.3) is 0 Å². The molecule has 1 aromatic heterocycles. The highest BCUT2D eigenvalue weighted by atomic mass is 32.2. The minimum Gasteiger partial charge on any atom is -0.364 e. The number of sulfone groups is 1. The van der Waals surface area contributed by atoms with Gasteiger partial charge in [-0.25, -0.2) is 13.4 Å². The molecule has 0 aliphatic heterocycles. The lowest BCUT2D eigenvalue weighted by Crippen LogP contribution is -2.19. The summed E-state index contributed by atoms with van der Waals surface area (Å²) in [6.07, 6.45) is -3.73. The quantitative estimate of drug-likeness (QED) is 0.850. The highest BCUT2D eigenvalue weighted by Gasteiger charge is 2.33. The molecule has 9 heteroatoms. The predicted octanol–water partition coefficient (Wildman–Crippen LogP) is 0.603. The lowest BCUT2D eigenvalue weighted by atomic mass is 10.2. The van der Waals surface area contributed by atoms with E-state index in [4.69, 9.17) is 5.73 Å². The fourth-order valence-corrected chi connectivity index (χ4v) is 1.91. The SMILES string of the molecule is CS(=O)(=O)c1cc(C(F)(F)F)cnc1C(N)=O. The van der Waals surface area contributed by atoms with Gasteiger partial charge in [-0.1, -0.05) is 0 Å². The summed E-state index contributed by atoms with van der Waals surface area (Å²) in [7, 11) is -4.02. The standard InChI is InChI=1S/C8H7F3N2O3S/c1-17(15,16)5-2-4(8(9,10)11)3-13-6(5)7(12)14/h2-3H,1H3,(H2,12,14). The van der Waals surface area contributed by atoms with Crippen LogP contribution in [-0.2, 0) is 16.0 Å². The fraction of sp³-hybridized carbons (Fsp3) is 0.250. The molecule has 0 fully saturated rings. The van der Waals surface area contributed by atoms with Crippen molar-refractivity contribution in [3.8, 4) is 0 Å². The number of halogens is 3. The highest BCUT2D eigenvalue weighted by molar-refractivity contribution is 7.90. The van der Waals surface area contributed by atoms with Crippen molar-refractivity contribution in [2.75, 3.05) is 6.26 Å². The van der Waals surface area contributed by atoms with E-state index in [1.807, 2.05) is 0 Å². The van der Waals surface area contributed by atoms with E-state index in [0.29, 0.717) is 18.5 Å². The van der Waals surface area contributed by atoms with Crippen molar-refractivity contribution in [2.45, 2.75) is 11.1 Å². The number of rotatable bonds is 2. The summed E-state index contributed by atoms with van der Waals surface area (Å²) in [5.41, 5.74) is 2.85. The highest BCUT2D eigenvalue weighted by Crippen LogP contribution is 2.30. The molecule has 0 aliphatic rings. The van der Waals surface area contributed by atoms with E-state index in [0.717, 1.165) is 0 Å². The van der Waals surface area contributed by atoms with Gasteiger partial charge in [0.25, 0.3) is 5.91 Å². The van der Waals surface area contributed by atoms with E-state index in [2.05, 4.69) is 4.98 Å². The number of nitrogens with two attached hydrogens (primary N) is 1. The lowest BCUT2D eigenvalue weighted by Gasteiger charge is -2.09. The van der Waals surface area contributed by atoms with Gasteiger partial charge in [0.2, 0.25) is 0 Å². The van der Waals surface area contributed by atoms with Crippen molar-refractivity contribution in [1.29, 1.82) is 0 Å². The zero-order valence-corrected chi connectivity index (χ0v) is 9.26. The smallest absolute Gasteiger partial charge is 0.364 e. The van der Waals surface area contributed by atoms with Crippen molar-refractivity contribution in [2.24, 2.45) is 5.73 Å². The van der Waals surface area contributed by atoms with Crippen molar-refractivity contribution in [3.63, 3.8) is 0 Å². The summed E-state index contributed by atoms with van der Waals surface area (Å²) < 4.78 is 59.5. The van der Waals surface area contributed by atoms with Gasteiger partial charge in [0.05, 0.1) is 10.5 Å². The summed E-state index contributed by atoms with van der Waals surface area (Å²) in [6.45, 7) is 0. The number of hydrogen-bond acceptors (Lipinski definition) is 4. The first-order valence-corrected chi connectivity index (χ1v) is 5.99. The van der Waals surface area contributed by atoms with Crippen LogP contribution in [0.5, 0.6) is 0 Å². The molecule has 0 bridgehead atoms. The van der Waals surface area contributed by atoms with Gasteiger partial charge < -0.3 is 5.73 Å². The van der Waals surface area contributed by atoms with Crippen molar-refractivity contribution in [3.05, 3.63) is 23.5 Å². The Morgan fingerprint density at radius 2 is 1.94 bits per heavy atom. The normalized spacial score (nSPS) is 12.5. The molecule has 2 N–H and O–H groups in total. The Balaban J connectivity index is 3.57. The van der Waals surface area contributed by atoms with Crippen LogP contribution >= 0.6 is 0 Å². The summed E-state index contributed by atoms with van der Waals surface area (Å²) in [6, 6.07) is 0.336. The minimum atomic E-state index is -4.75. The summed E-state index contributed by atoms with van der Waals surface area (Å²) in [5.74, 6) is -1.21. The third-order valence-electron chi connectivity index (χ3n) is 1.81. The van der Waals surface area contributed by atoms with E-state index >= 15 is 0 Å². The Hall–Kier alpha value is -1.64. The topological polar surface area (TPSA) is 90.1 Å². The molecule has 0 aliphatic carbocycles. The third kappa shape index (κ3) is 2.93. The molecule has 0 atom stereocenters. The van der Waals surface area contributed by atoms with Gasteiger partial charge in [-0.05, 0) is 6.07 Å². The van der Waals surface area contributed by atoms with E-state index < -0.39 is 38.1 Å². The molecule has 1 rings (SSSR count). The van der Waals surface area contributed by atoms with E-state index in [-0.39, 0.29) is 0 Å². The van der Waals surface area contributed by atoms with Gasteiger partial charge in [0.1, 0.15) is 5.69 Å². The molecule has 5 nitrogen and oxygen atoms in total. The molecule has 0 saturated carbocycles. The van der Waals surface area contributed by atoms with E-state index in [1.165, 1.54) is 0 Å². The van der Waals surface area contributed by atoms with Gasteiger partial charge in [-0.2, -0.15) is 13.2 Å². The lowest BCUT2D eigenvalue weighted by molar-refractivity contribution is -0.138. The summed E-state index contributed by atoms with van der Waals surface area (Å²) in [5, 5.41) is 0. The average molecular weight is 268 g/mol. The molecule has 0 aromatic carbocycles. The van der Waals surface area contributed by atoms with Crippen LogP contribution in [0, 0.1) is 0 Å². The number of amides is 1. The number of carbonyl (C=O) groups is 1. The van der Waals surface area contributed by atoms with Gasteiger partial charge in [-0.3, -0.25) is 4.79 Å². The Labute approximate surface area is 94.4 Å². The number of alkyl halides is 3. The first-order chi connectivity index (χ1) is 7.53. The molecule has 0 saturated heterocycles. The number of hydrogen-bond donors (Lipinski definition) is 1. The number of carbonyl (C=O) groups excluding carboxylic acids is 1. The first kappa shape index (κ1) is 13.4. The second-order valence-electron chi connectivity index (χ2n) is 3.20. The monoisotopic (exact) mass is 268 g/mol. The van der Waals surface area contributed by atoms with Crippen molar-refractivity contribution >= 4 is 15.7 Å². The van der Waals surface area contributed by atoms with E-state index in [9.17, 15) is 26.4 Å². The number of aromatic nitrogens is 1. The Kier molecular flexibility index (Phi) is 3.15. The molecule has 1 amide bonds. The molecule has 0 spiro atoms. The van der Waals surface area contributed by atoms with Crippen LogP contribution in [0.2, 0.25) is 0 Å². The second kappa shape index (κ2) is 3.99. The molecule has 1 aromatic rings. The van der Waals surface area contributed by atoms with Crippen LogP contribution in [0.1, 0.15) is 16.1 Å². The average Bonchev–Trinajstić information content (AvgIpc) is 2.14. The summed E-state index contributed by atoms with van der Waals surface area (Å²) in [4.78, 5) is 13.1. The maximum Gasteiger partial charge on any atom is 0.417 e. The molecular weight excluding hydrogens is 261 g/mol. The summed E-state index contributed by atoms with van der Waals surface area (Å²) >= 11 is 0. The number of nitrogens with zero attached hydrogens (tertiary/aromatic N) is 1. The molecule has 0 unspecified atom stereocenters. The zero-order valence-electron chi connectivity index (χ0n) is 8.45. The van der Waals surface area contributed by atoms with E-state index in [1.54, 1.807) is 0 Å². The molecule has 17 heavy (non-hydrogen) atoms. The molecule has 0 radical (unpaired) electrons. The molecule has 1 heterocycles. The second-order valence-corrected chi connectivity index (χ2v) is 5.19. The van der Waals surface area contributed by atoms with Crippen LogP contribution in [0.3, 0.4) is 0 Å². The van der Waals surface area contributed by atoms with Crippen molar-refractivity contribution in [1.82, 2.24) is 4.98 Å². The largest absolute Gasteiger partial charge is 0.417 e. The number of primary amides is 1.